The van der Waals surface area contributed by atoms with Gasteiger partial charge in [0, 0.05) is 29.2 Å². The first-order valence-corrected chi connectivity index (χ1v) is 8.28. The first kappa shape index (κ1) is 18.8. The summed E-state index contributed by atoms with van der Waals surface area (Å²) in [6.45, 7) is 0.378. The molecule has 7 heteroatoms. The van der Waals surface area contributed by atoms with Crippen molar-refractivity contribution in [1.82, 2.24) is 5.32 Å². The number of anilines is 1. The second kappa shape index (κ2) is 9.07. The van der Waals surface area contributed by atoms with E-state index in [0.717, 1.165) is 0 Å². The van der Waals surface area contributed by atoms with Gasteiger partial charge in [-0.1, -0.05) is 23.2 Å². The number of hydrogen-bond donors (Lipinski definition) is 2. The minimum atomic E-state index is -0.212. The molecule has 0 atom stereocenters. The van der Waals surface area contributed by atoms with Crippen molar-refractivity contribution in [3.63, 3.8) is 0 Å². The van der Waals surface area contributed by atoms with Gasteiger partial charge in [-0.05, 0) is 48.9 Å². The van der Waals surface area contributed by atoms with Crippen LogP contribution in [0.2, 0.25) is 10.0 Å². The molecule has 0 aliphatic carbocycles. The molecule has 2 amide bonds. The van der Waals surface area contributed by atoms with Gasteiger partial charge in [-0.25, -0.2) is 0 Å². The molecule has 2 N–H and O–H groups in total. The van der Waals surface area contributed by atoms with Gasteiger partial charge in [0.1, 0.15) is 6.07 Å². The molecular weight excluding hydrogens is 361 g/mol. The lowest BCUT2D eigenvalue weighted by molar-refractivity contribution is -0.116. The van der Waals surface area contributed by atoms with E-state index in [4.69, 9.17) is 28.5 Å². The summed E-state index contributed by atoms with van der Waals surface area (Å²) < 4.78 is 0. The van der Waals surface area contributed by atoms with Crippen LogP contribution in [0.5, 0.6) is 0 Å². The van der Waals surface area contributed by atoms with Crippen molar-refractivity contribution in [2.24, 2.45) is 0 Å². The number of nitrogens with one attached hydrogen (secondary N) is 2. The van der Waals surface area contributed by atoms with Crippen LogP contribution in [-0.2, 0) is 4.79 Å². The molecule has 0 radical (unpaired) electrons. The van der Waals surface area contributed by atoms with Crippen molar-refractivity contribution in [2.45, 2.75) is 12.8 Å². The van der Waals surface area contributed by atoms with E-state index in [1.807, 2.05) is 6.07 Å². The average molecular weight is 376 g/mol. The molecule has 0 aliphatic rings. The Hall–Kier alpha value is -2.55. The molecule has 128 valence electrons. The Kier molecular flexibility index (Phi) is 6.81. The number of rotatable bonds is 6. The Morgan fingerprint density at radius 2 is 1.80 bits per heavy atom. The molecular formula is C18H15Cl2N3O2. The van der Waals surface area contributed by atoms with Crippen LogP contribution in [-0.4, -0.2) is 18.4 Å². The van der Waals surface area contributed by atoms with Gasteiger partial charge in [-0.2, -0.15) is 5.26 Å². The lowest BCUT2D eigenvalue weighted by Crippen LogP contribution is -2.25. The van der Waals surface area contributed by atoms with E-state index in [-0.39, 0.29) is 23.3 Å². The van der Waals surface area contributed by atoms with E-state index in [2.05, 4.69) is 10.6 Å². The van der Waals surface area contributed by atoms with Crippen LogP contribution in [0.4, 0.5) is 5.69 Å². The Bertz CT molecular complexity index is 814. The predicted octanol–water partition coefficient (Wildman–Crippen LogP) is 4.01. The molecule has 0 fully saturated rings. The Labute approximate surface area is 155 Å². The second-order valence-corrected chi connectivity index (χ2v) is 6.06. The lowest BCUT2D eigenvalue weighted by Gasteiger charge is -2.07. The summed E-state index contributed by atoms with van der Waals surface area (Å²) >= 11 is 11.7. The quantitative estimate of drug-likeness (QED) is 0.748. The van der Waals surface area contributed by atoms with Crippen LogP contribution in [0.3, 0.4) is 0 Å². The van der Waals surface area contributed by atoms with Crippen molar-refractivity contribution < 1.29 is 9.59 Å². The predicted molar refractivity (Wildman–Crippen MR) is 97.8 cm³/mol. The second-order valence-electron chi connectivity index (χ2n) is 5.22. The summed E-state index contributed by atoms with van der Waals surface area (Å²) in [5.41, 5.74) is 1.39. The normalized spacial score (nSPS) is 9.96. The summed E-state index contributed by atoms with van der Waals surface area (Å²) in [6.07, 6.45) is 0.744. The van der Waals surface area contributed by atoms with Crippen molar-refractivity contribution in [3.8, 4) is 6.07 Å². The molecule has 5 nitrogen and oxygen atoms in total. The van der Waals surface area contributed by atoms with Gasteiger partial charge in [0.15, 0.2) is 0 Å². The highest BCUT2D eigenvalue weighted by atomic mass is 35.5. The molecule has 0 saturated carbocycles. The summed E-state index contributed by atoms with van der Waals surface area (Å²) in [6, 6.07) is 13.2. The third-order valence-corrected chi connectivity index (χ3v) is 3.91. The molecule has 2 aromatic rings. The molecule has 0 spiro atoms. The fourth-order valence-corrected chi connectivity index (χ4v) is 2.41. The monoisotopic (exact) mass is 375 g/mol. The number of nitriles is 1. The van der Waals surface area contributed by atoms with Gasteiger partial charge < -0.3 is 10.6 Å². The minimum absolute atomic E-state index is 0.193. The Morgan fingerprint density at radius 3 is 2.44 bits per heavy atom. The summed E-state index contributed by atoms with van der Waals surface area (Å²) in [5, 5.41) is 15.1. The van der Waals surface area contributed by atoms with Gasteiger partial charge in [0.25, 0.3) is 5.91 Å². The van der Waals surface area contributed by atoms with E-state index in [9.17, 15) is 9.59 Å². The summed E-state index contributed by atoms with van der Waals surface area (Å²) in [4.78, 5) is 23.8. The fraction of sp³-hybridized carbons (Fsp3) is 0.167. The van der Waals surface area contributed by atoms with E-state index in [1.54, 1.807) is 36.4 Å². The zero-order valence-corrected chi connectivity index (χ0v) is 14.7. The maximum Gasteiger partial charge on any atom is 0.251 e. The topological polar surface area (TPSA) is 82.0 Å². The van der Waals surface area contributed by atoms with E-state index in [1.165, 1.54) is 6.07 Å². The van der Waals surface area contributed by atoms with E-state index < -0.39 is 0 Å². The highest BCUT2D eigenvalue weighted by molar-refractivity contribution is 6.32. The third-order valence-electron chi connectivity index (χ3n) is 3.35. The molecule has 0 unspecified atom stereocenters. The van der Waals surface area contributed by atoms with Gasteiger partial charge in [-0.15, -0.1) is 0 Å². The van der Waals surface area contributed by atoms with E-state index in [0.29, 0.717) is 34.8 Å². The first-order chi connectivity index (χ1) is 12.0. The molecule has 0 aliphatic heterocycles. The van der Waals surface area contributed by atoms with Crippen molar-refractivity contribution >= 4 is 40.7 Å². The molecule has 0 heterocycles. The number of benzene rings is 2. The zero-order chi connectivity index (χ0) is 18.2. The largest absolute Gasteiger partial charge is 0.352 e. The number of nitrogens with zero attached hydrogens (tertiary/aromatic N) is 1. The highest BCUT2D eigenvalue weighted by Gasteiger charge is 2.07. The molecule has 2 aromatic carbocycles. The number of carbonyl (C=O) groups excluding carboxylic acids is 2. The molecule has 25 heavy (non-hydrogen) atoms. The van der Waals surface area contributed by atoms with Gasteiger partial charge in [0.05, 0.1) is 10.6 Å². The Balaban J connectivity index is 1.73. The van der Waals surface area contributed by atoms with Gasteiger partial charge in [0.2, 0.25) is 5.91 Å². The van der Waals surface area contributed by atoms with Crippen molar-refractivity contribution in [1.29, 1.82) is 5.26 Å². The zero-order valence-electron chi connectivity index (χ0n) is 13.2. The SMILES string of the molecule is N#Cc1ccc(NC(=O)CCCNC(=O)c2ccc(Cl)cc2)cc1Cl. The summed E-state index contributed by atoms with van der Waals surface area (Å²) in [5.74, 6) is -0.405. The fourth-order valence-electron chi connectivity index (χ4n) is 2.06. The number of carbonyl (C=O) groups is 2. The molecule has 2 rings (SSSR count). The van der Waals surface area contributed by atoms with Gasteiger partial charge in [-0.3, -0.25) is 9.59 Å². The third kappa shape index (κ3) is 5.79. The van der Waals surface area contributed by atoms with Crippen LogP contribution in [0.15, 0.2) is 42.5 Å². The first-order valence-electron chi connectivity index (χ1n) is 7.53. The van der Waals surface area contributed by atoms with E-state index >= 15 is 0 Å². The summed E-state index contributed by atoms with van der Waals surface area (Å²) in [7, 11) is 0. The average Bonchev–Trinajstić information content (AvgIpc) is 2.59. The van der Waals surface area contributed by atoms with Crippen molar-refractivity contribution in [3.05, 3.63) is 63.6 Å². The van der Waals surface area contributed by atoms with Gasteiger partial charge >= 0.3 is 0 Å². The van der Waals surface area contributed by atoms with Crippen LogP contribution in [0.25, 0.3) is 0 Å². The standard InChI is InChI=1S/C18H15Cl2N3O2/c19-14-6-3-12(4-7-14)18(25)22-9-1-2-17(24)23-15-8-5-13(11-21)16(20)10-15/h3-8,10H,1-2,9H2,(H,22,25)(H,23,24). The minimum Gasteiger partial charge on any atom is -0.352 e. The molecule has 0 bridgehead atoms. The lowest BCUT2D eigenvalue weighted by atomic mass is 10.2. The highest BCUT2D eigenvalue weighted by Crippen LogP contribution is 2.20. The van der Waals surface area contributed by atoms with Crippen molar-refractivity contribution in [2.75, 3.05) is 11.9 Å². The number of hydrogen-bond acceptors (Lipinski definition) is 3. The molecule has 0 aromatic heterocycles. The number of halogens is 2. The number of amides is 2. The van der Waals surface area contributed by atoms with Crippen LogP contribution in [0, 0.1) is 11.3 Å². The Morgan fingerprint density at radius 1 is 1.08 bits per heavy atom. The van der Waals surface area contributed by atoms with Crippen LogP contribution in [0.1, 0.15) is 28.8 Å². The van der Waals surface area contributed by atoms with Crippen LogP contribution < -0.4 is 10.6 Å². The smallest absolute Gasteiger partial charge is 0.251 e. The maximum absolute atomic E-state index is 11.9. The maximum atomic E-state index is 11.9. The molecule has 0 saturated heterocycles. The van der Waals surface area contributed by atoms with Crippen LogP contribution >= 0.6 is 23.2 Å².